The van der Waals surface area contributed by atoms with Crippen LogP contribution in [0.3, 0.4) is 0 Å². The second-order valence-corrected chi connectivity index (χ2v) is 6.95. The third kappa shape index (κ3) is 3.54. The minimum Gasteiger partial charge on any atom is -0.380 e. The van der Waals surface area contributed by atoms with Gasteiger partial charge in [0.25, 0.3) is 0 Å². The molecule has 0 unspecified atom stereocenters. The van der Waals surface area contributed by atoms with Crippen molar-refractivity contribution in [3.05, 3.63) is 29.0 Å². The van der Waals surface area contributed by atoms with Crippen LogP contribution in [0.5, 0.6) is 0 Å². The van der Waals surface area contributed by atoms with Crippen LogP contribution >= 0.6 is 15.9 Å². The fourth-order valence-corrected chi connectivity index (χ4v) is 3.66. The molecule has 0 bridgehead atoms. The minimum absolute atomic E-state index is 0.578. The topological polar surface area (TPSA) is 37.8 Å². The van der Waals surface area contributed by atoms with Crippen LogP contribution in [0.25, 0.3) is 11.0 Å². The summed E-state index contributed by atoms with van der Waals surface area (Å²) in [5.74, 6) is 0.941. The predicted octanol–water partition coefficient (Wildman–Crippen LogP) is 5.16. The van der Waals surface area contributed by atoms with Crippen LogP contribution in [0.1, 0.15) is 45.4 Å². The lowest BCUT2D eigenvalue weighted by molar-refractivity contribution is 0.319. The van der Waals surface area contributed by atoms with Gasteiger partial charge in [-0.2, -0.15) is 0 Å². The van der Waals surface area contributed by atoms with E-state index < -0.39 is 0 Å². The number of pyridine rings is 2. The lowest BCUT2D eigenvalue weighted by atomic mass is 9.83. The van der Waals surface area contributed by atoms with E-state index in [4.69, 9.17) is 0 Å². The fraction of sp³-hybridized carbons (Fsp3) is 0.529. The molecule has 1 fully saturated rings. The first-order valence-electron chi connectivity index (χ1n) is 7.93. The number of hydrogen-bond donors (Lipinski definition) is 1. The molecule has 0 radical (unpaired) electrons. The molecule has 0 atom stereocenters. The van der Waals surface area contributed by atoms with Crippen LogP contribution in [0, 0.1) is 5.92 Å². The van der Waals surface area contributed by atoms with Crippen molar-refractivity contribution in [1.29, 1.82) is 0 Å². The van der Waals surface area contributed by atoms with E-state index in [0.717, 1.165) is 27.1 Å². The van der Waals surface area contributed by atoms with Gasteiger partial charge < -0.3 is 5.32 Å². The number of hydrogen-bond acceptors (Lipinski definition) is 3. The molecule has 1 N–H and O–H groups in total. The molecule has 3 nitrogen and oxygen atoms in total. The van der Waals surface area contributed by atoms with Gasteiger partial charge in [-0.1, -0.05) is 19.8 Å². The smallest absolute Gasteiger partial charge is 0.112 e. The highest BCUT2D eigenvalue weighted by molar-refractivity contribution is 9.10. The largest absolute Gasteiger partial charge is 0.380 e. The van der Waals surface area contributed by atoms with E-state index in [1.807, 2.05) is 24.5 Å². The summed E-state index contributed by atoms with van der Waals surface area (Å²) >= 11 is 3.45. The first-order valence-corrected chi connectivity index (χ1v) is 8.72. The van der Waals surface area contributed by atoms with E-state index in [9.17, 15) is 0 Å². The van der Waals surface area contributed by atoms with Gasteiger partial charge in [0.2, 0.25) is 0 Å². The lowest BCUT2D eigenvalue weighted by Crippen LogP contribution is -2.26. The molecule has 112 valence electrons. The van der Waals surface area contributed by atoms with Gasteiger partial charge in [0.1, 0.15) is 5.52 Å². The van der Waals surface area contributed by atoms with Gasteiger partial charge in [0.15, 0.2) is 0 Å². The summed E-state index contributed by atoms with van der Waals surface area (Å²) in [6.07, 6.45) is 11.7. The molecule has 2 aromatic rings. The van der Waals surface area contributed by atoms with Gasteiger partial charge in [-0.05, 0) is 59.7 Å². The number of nitrogens with one attached hydrogen (secondary N) is 1. The first kappa shape index (κ1) is 14.8. The van der Waals surface area contributed by atoms with Crippen molar-refractivity contribution in [3.8, 4) is 0 Å². The summed E-state index contributed by atoms with van der Waals surface area (Å²) in [6.45, 7) is 2.29. The summed E-state index contributed by atoms with van der Waals surface area (Å²) in [6, 6.07) is 4.64. The Morgan fingerprint density at radius 3 is 2.81 bits per heavy atom. The van der Waals surface area contributed by atoms with Crippen molar-refractivity contribution in [2.75, 3.05) is 5.32 Å². The zero-order valence-corrected chi connectivity index (χ0v) is 14.1. The van der Waals surface area contributed by atoms with Crippen LogP contribution in [0.2, 0.25) is 0 Å². The molecule has 0 aromatic carbocycles. The number of fused-ring (bicyclic) bond motifs is 1. The molecular formula is C17H22BrN3. The number of anilines is 1. The zero-order valence-electron chi connectivity index (χ0n) is 12.5. The van der Waals surface area contributed by atoms with Gasteiger partial charge in [-0.25, -0.2) is 0 Å². The summed E-state index contributed by atoms with van der Waals surface area (Å²) in [5.41, 5.74) is 3.02. The highest BCUT2D eigenvalue weighted by Crippen LogP contribution is 2.31. The van der Waals surface area contributed by atoms with Crippen LogP contribution in [-0.4, -0.2) is 16.0 Å². The van der Waals surface area contributed by atoms with E-state index in [1.165, 1.54) is 38.5 Å². The van der Waals surface area contributed by atoms with E-state index >= 15 is 0 Å². The maximum atomic E-state index is 4.52. The molecule has 1 saturated carbocycles. The normalized spacial score (nSPS) is 22.4. The Labute approximate surface area is 134 Å². The summed E-state index contributed by atoms with van der Waals surface area (Å²) in [5, 5.41) is 3.69. The van der Waals surface area contributed by atoms with Gasteiger partial charge >= 0.3 is 0 Å². The quantitative estimate of drug-likeness (QED) is 0.829. The average Bonchev–Trinajstić information content (AvgIpc) is 2.49. The van der Waals surface area contributed by atoms with Crippen LogP contribution in [0.4, 0.5) is 5.69 Å². The molecule has 1 aliphatic carbocycles. The zero-order chi connectivity index (χ0) is 14.7. The lowest BCUT2D eigenvalue weighted by Gasteiger charge is -2.29. The molecular weight excluding hydrogens is 326 g/mol. The standard InChI is InChI=1S/C17H22BrN3/c1-2-3-12-4-6-14(7-5-12)21-15-8-9-19-16-10-13(18)11-20-17(15)16/h8-12,14H,2-7H2,1H3,(H,19,21). The Morgan fingerprint density at radius 2 is 2.05 bits per heavy atom. The summed E-state index contributed by atoms with van der Waals surface area (Å²) < 4.78 is 0.972. The Hall–Kier alpha value is -1.16. The fourth-order valence-electron chi connectivity index (χ4n) is 3.35. The molecule has 0 amide bonds. The van der Waals surface area contributed by atoms with E-state index in [1.54, 1.807) is 0 Å². The van der Waals surface area contributed by atoms with Gasteiger partial charge in [0, 0.05) is 22.9 Å². The number of nitrogens with zero attached hydrogens (tertiary/aromatic N) is 2. The molecule has 2 heterocycles. The van der Waals surface area contributed by atoms with Crippen molar-refractivity contribution < 1.29 is 0 Å². The van der Waals surface area contributed by atoms with Crippen molar-refractivity contribution in [3.63, 3.8) is 0 Å². The van der Waals surface area contributed by atoms with Gasteiger partial charge in [0.05, 0.1) is 11.2 Å². The Bertz CT molecular complexity index is 606. The number of halogens is 1. The van der Waals surface area contributed by atoms with Crippen molar-refractivity contribution >= 4 is 32.7 Å². The maximum absolute atomic E-state index is 4.52. The highest BCUT2D eigenvalue weighted by Gasteiger charge is 2.21. The van der Waals surface area contributed by atoms with E-state index in [0.29, 0.717) is 6.04 Å². The van der Waals surface area contributed by atoms with E-state index in [2.05, 4.69) is 38.1 Å². The first-order chi connectivity index (χ1) is 10.3. The van der Waals surface area contributed by atoms with Crippen LogP contribution in [0.15, 0.2) is 29.0 Å². The van der Waals surface area contributed by atoms with Crippen LogP contribution < -0.4 is 5.32 Å². The van der Waals surface area contributed by atoms with Crippen LogP contribution in [-0.2, 0) is 0 Å². The molecule has 21 heavy (non-hydrogen) atoms. The van der Waals surface area contributed by atoms with Crippen molar-refractivity contribution in [2.45, 2.75) is 51.5 Å². The highest BCUT2D eigenvalue weighted by atomic mass is 79.9. The average molecular weight is 348 g/mol. The molecule has 4 heteroatoms. The Kier molecular flexibility index (Phi) is 4.73. The third-order valence-corrected chi connectivity index (χ3v) is 4.88. The second kappa shape index (κ2) is 6.73. The molecule has 2 aromatic heterocycles. The number of rotatable bonds is 4. The molecule has 0 saturated heterocycles. The van der Waals surface area contributed by atoms with E-state index in [-0.39, 0.29) is 0 Å². The van der Waals surface area contributed by atoms with Crippen molar-refractivity contribution in [1.82, 2.24) is 9.97 Å². The van der Waals surface area contributed by atoms with Crippen molar-refractivity contribution in [2.24, 2.45) is 5.92 Å². The SMILES string of the molecule is CCCC1CCC(Nc2ccnc3cc(Br)cnc23)CC1. The Morgan fingerprint density at radius 1 is 1.24 bits per heavy atom. The maximum Gasteiger partial charge on any atom is 0.112 e. The molecule has 1 aliphatic rings. The second-order valence-electron chi connectivity index (χ2n) is 6.03. The molecule has 3 rings (SSSR count). The predicted molar refractivity (Wildman–Crippen MR) is 91.5 cm³/mol. The minimum atomic E-state index is 0.578. The monoisotopic (exact) mass is 347 g/mol. The summed E-state index contributed by atoms with van der Waals surface area (Å²) in [4.78, 5) is 8.92. The van der Waals surface area contributed by atoms with Gasteiger partial charge in [-0.3, -0.25) is 9.97 Å². The Balaban J connectivity index is 1.71. The molecule has 0 aliphatic heterocycles. The molecule has 0 spiro atoms. The third-order valence-electron chi connectivity index (χ3n) is 4.45. The number of aromatic nitrogens is 2. The summed E-state index contributed by atoms with van der Waals surface area (Å²) in [7, 11) is 0. The van der Waals surface area contributed by atoms with Gasteiger partial charge in [-0.15, -0.1) is 0 Å².